The van der Waals surface area contributed by atoms with Crippen molar-refractivity contribution in [3.63, 3.8) is 0 Å². The van der Waals surface area contributed by atoms with Gasteiger partial charge in [0.05, 0.1) is 18.4 Å². The van der Waals surface area contributed by atoms with E-state index in [0.29, 0.717) is 11.3 Å². The van der Waals surface area contributed by atoms with E-state index >= 15 is 0 Å². The summed E-state index contributed by atoms with van der Waals surface area (Å²) in [6.07, 6.45) is 0.989. The van der Waals surface area contributed by atoms with Gasteiger partial charge in [-0.3, -0.25) is 9.52 Å². The van der Waals surface area contributed by atoms with Gasteiger partial charge in [-0.2, -0.15) is 0 Å². The molecule has 2 N–H and O–H groups in total. The van der Waals surface area contributed by atoms with Crippen molar-refractivity contribution in [2.45, 2.75) is 20.8 Å². The third-order valence-corrected chi connectivity index (χ3v) is 4.54. The number of carbonyl (C=O) groups is 3. The molecule has 10 heteroatoms. The van der Waals surface area contributed by atoms with E-state index in [9.17, 15) is 22.8 Å². The number of esters is 2. The van der Waals surface area contributed by atoms with Crippen LogP contribution in [-0.2, 0) is 19.5 Å². The Balaban J connectivity index is 2.11. The van der Waals surface area contributed by atoms with Crippen LogP contribution in [0, 0.1) is 13.8 Å². The first-order valence-corrected chi connectivity index (χ1v) is 10.6. The molecule has 0 aliphatic heterocycles. The molecule has 0 fully saturated rings. The van der Waals surface area contributed by atoms with Gasteiger partial charge in [-0.15, -0.1) is 0 Å². The lowest BCUT2D eigenvalue weighted by atomic mass is 10.1. The van der Waals surface area contributed by atoms with Crippen molar-refractivity contribution in [1.29, 1.82) is 0 Å². The minimum absolute atomic E-state index is 0.0844. The zero-order valence-corrected chi connectivity index (χ0v) is 17.3. The first-order chi connectivity index (χ1) is 13.5. The predicted octanol–water partition coefficient (Wildman–Crippen LogP) is 2.22. The summed E-state index contributed by atoms with van der Waals surface area (Å²) in [6, 6.07) is 5.70. The molecule has 0 spiro atoms. The second kappa shape index (κ2) is 8.91. The number of rotatable bonds is 8. The van der Waals surface area contributed by atoms with Gasteiger partial charge in [-0.25, -0.2) is 18.0 Å². The zero-order valence-electron chi connectivity index (χ0n) is 16.5. The third kappa shape index (κ3) is 5.67. The van der Waals surface area contributed by atoms with Gasteiger partial charge in [0.1, 0.15) is 5.69 Å². The van der Waals surface area contributed by atoms with Crippen LogP contribution in [0.1, 0.15) is 49.4 Å². The van der Waals surface area contributed by atoms with Crippen molar-refractivity contribution in [2.24, 2.45) is 0 Å². The number of sulfonamides is 1. The molecule has 0 unspecified atom stereocenters. The highest BCUT2D eigenvalue weighted by Gasteiger charge is 2.23. The van der Waals surface area contributed by atoms with Crippen LogP contribution < -0.4 is 4.72 Å². The van der Waals surface area contributed by atoms with Crippen molar-refractivity contribution in [3.05, 3.63) is 52.3 Å². The maximum Gasteiger partial charge on any atom is 0.355 e. The Bertz CT molecular complexity index is 1050. The van der Waals surface area contributed by atoms with Gasteiger partial charge in [-0.1, -0.05) is 6.07 Å². The van der Waals surface area contributed by atoms with Gasteiger partial charge < -0.3 is 14.5 Å². The quantitative estimate of drug-likeness (QED) is 0.492. The molecule has 9 nitrogen and oxygen atoms in total. The lowest BCUT2D eigenvalue weighted by molar-refractivity contribution is 0.0473. The summed E-state index contributed by atoms with van der Waals surface area (Å²) in [6.45, 7) is 4.57. The molecule has 1 aromatic heterocycles. The fourth-order valence-corrected chi connectivity index (χ4v) is 3.34. The number of H-pyrrole nitrogens is 1. The minimum Gasteiger partial charge on any atom is -0.461 e. The van der Waals surface area contributed by atoms with Crippen molar-refractivity contribution >= 4 is 33.4 Å². The molecule has 0 atom stereocenters. The topological polar surface area (TPSA) is 132 Å². The lowest BCUT2D eigenvalue weighted by Gasteiger charge is -2.08. The van der Waals surface area contributed by atoms with Crippen LogP contribution in [0.2, 0.25) is 0 Å². The van der Waals surface area contributed by atoms with Crippen LogP contribution >= 0.6 is 0 Å². The molecule has 0 aliphatic rings. The maximum absolute atomic E-state index is 12.5. The largest absolute Gasteiger partial charge is 0.461 e. The SMILES string of the molecule is CCOC(=O)c1[nH]c(C)c(C(=O)COC(=O)c2cccc(NS(C)(=O)=O)c2)c1C. The number of hydrogen-bond acceptors (Lipinski definition) is 7. The Morgan fingerprint density at radius 3 is 2.41 bits per heavy atom. The summed E-state index contributed by atoms with van der Waals surface area (Å²) >= 11 is 0. The molecule has 0 bridgehead atoms. The number of aromatic amines is 1. The molecule has 0 aliphatic carbocycles. The number of carbonyl (C=O) groups excluding carboxylic acids is 3. The van der Waals surface area contributed by atoms with Crippen molar-refractivity contribution in [3.8, 4) is 0 Å². The van der Waals surface area contributed by atoms with Crippen LogP contribution in [0.4, 0.5) is 5.69 Å². The van der Waals surface area contributed by atoms with Crippen LogP contribution in [0.5, 0.6) is 0 Å². The number of nitrogens with one attached hydrogen (secondary N) is 2. The van der Waals surface area contributed by atoms with Crippen LogP contribution in [0.15, 0.2) is 24.3 Å². The third-order valence-electron chi connectivity index (χ3n) is 3.93. The monoisotopic (exact) mass is 422 g/mol. The highest BCUT2D eigenvalue weighted by Crippen LogP contribution is 2.20. The van der Waals surface area contributed by atoms with E-state index in [0.717, 1.165) is 6.26 Å². The second-order valence-electron chi connectivity index (χ2n) is 6.30. The van der Waals surface area contributed by atoms with Crippen LogP contribution in [0.25, 0.3) is 0 Å². The van der Waals surface area contributed by atoms with E-state index < -0.39 is 34.4 Å². The smallest absolute Gasteiger partial charge is 0.355 e. The van der Waals surface area contributed by atoms with Gasteiger partial charge in [0.25, 0.3) is 0 Å². The van der Waals surface area contributed by atoms with Gasteiger partial charge >= 0.3 is 11.9 Å². The number of benzene rings is 1. The first-order valence-electron chi connectivity index (χ1n) is 8.68. The first kappa shape index (κ1) is 22.2. The van der Waals surface area contributed by atoms with Gasteiger partial charge in [0, 0.05) is 16.9 Å². The summed E-state index contributed by atoms with van der Waals surface area (Å²) in [5, 5.41) is 0. The van der Waals surface area contributed by atoms with Crippen molar-refractivity contribution in [1.82, 2.24) is 4.98 Å². The lowest BCUT2D eigenvalue weighted by Crippen LogP contribution is -2.16. The fraction of sp³-hybridized carbons (Fsp3) is 0.316. The summed E-state index contributed by atoms with van der Waals surface area (Å²) in [7, 11) is -3.50. The number of aromatic nitrogens is 1. The Labute approximate surface area is 168 Å². The summed E-state index contributed by atoms with van der Waals surface area (Å²) in [5.41, 5.74) is 1.60. The van der Waals surface area contributed by atoms with Crippen LogP contribution in [-0.4, -0.2) is 50.6 Å². The molecule has 0 saturated heterocycles. The number of ether oxygens (including phenoxy) is 2. The van der Waals surface area contributed by atoms with Crippen molar-refractivity contribution < 1.29 is 32.3 Å². The zero-order chi connectivity index (χ0) is 21.8. The minimum atomic E-state index is -3.50. The summed E-state index contributed by atoms with van der Waals surface area (Å²) in [5.74, 6) is -1.84. The Morgan fingerprint density at radius 2 is 1.79 bits per heavy atom. The fourth-order valence-electron chi connectivity index (χ4n) is 2.79. The Morgan fingerprint density at radius 1 is 1.10 bits per heavy atom. The normalized spacial score (nSPS) is 11.0. The molecule has 2 rings (SSSR count). The van der Waals surface area contributed by atoms with E-state index in [2.05, 4.69) is 9.71 Å². The maximum atomic E-state index is 12.5. The molecule has 29 heavy (non-hydrogen) atoms. The highest BCUT2D eigenvalue weighted by molar-refractivity contribution is 7.92. The molecule has 1 heterocycles. The molecule has 0 radical (unpaired) electrons. The highest BCUT2D eigenvalue weighted by atomic mass is 32.2. The number of anilines is 1. The molecular weight excluding hydrogens is 400 g/mol. The van der Waals surface area contributed by atoms with E-state index in [4.69, 9.17) is 9.47 Å². The summed E-state index contributed by atoms with van der Waals surface area (Å²) in [4.78, 5) is 39.5. The number of hydrogen-bond donors (Lipinski definition) is 2. The van der Waals surface area contributed by atoms with E-state index in [1.54, 1.807) is 20.8 Å². The average molecular weight is 422 g/mol. The average Bonchev–Trinajstić information content (AvgIpc) is 2.93. The molecule has 0 saturated carbocycles. The molecule has 1 aromatic carbocycles. The van der Waals surface area contributed by atoms with E-state index in [1.807, 2.05) is 0 Å². The van der Waals surface area contributed by atoms with Gasteiger partial charge in [0.2, 0.25) is 15.8 Å². The Hall–Kier alpha value is -3.14. The van der Waals surface area contributed by atoms with E-state index in [1.165, 1.54) is 24.3 Å². The molecule has 2 aromatic rings. The number of aryl methyl sites for hydroxylation is 1. The van der Waals surface area contributed by atoms with Crippen molar-refractivity contribution in [2.75, 3.05) is 24.2 Å². The molecule has 0 amide bonds. The Kier molecular flexibility index (Phi) is 6.80. The van der Waals surface area contributed by atoms with Crippen LogP contribution in [0.3, 0.4) is 0 Å². The summed E-state index contributed by atoms with van der Waals surface area (Å²) < 4.78 is 34.9. The predicted molar refractivity (Wildman–Crippen MR) is 106 cm³/mol. The standard InChI is InChI=1S/C19H22N2O7S/c1-5-27-19(24)17-11(2)16(12(3)20-17)15(22)10-28-18(23)13-7-6-8-14(9-13)21-29(4,25)26/h6-9,20-21H,5,10H2,1-4H3. The second-order valence-corrected chi connectivity index (χ2v) is 8.05. The van der Waals surface area contributed by atoms with Gasteiger partial charge in [-0.05, 0) is 44.5 Å². The van der Waals surface area contributed by atoms with Gasteiger partial charge in [0.15, 0.2) is 6.61 Å². The molecule has 156 valence electrons. The van der Waals surface area contributed by atoms with E-state index in [-0.39, 0.29) is 29.1 Å². The molecular formula is C19H22N2O7S. The number of Topliss-reactive ketones (excluding diaryl/α,β-unsaturated/α-hetero) is 1. The number of ketones is 1.